The first-order valence-corrected chi connectivity index (χ1v) is 11.8. The molecule has 0 radical (unpaired) electrons. The number of benzene rings is 1. The van der Waals surface area contributed by atoms with Crippen molar-refractivity contribution >= 4 is 33.3 Å². The SMILES string of the molecule is CCOC(=O)C1=CC2(CCC1S(=O)(=O)Nc1c(C)cccc1Cl)OC(CO)[C@@H](CO)O2. The maximum absolute atomic E-state index is 13.2. The Morgan fingerprint density at radius 1 is 1.29 bits per heavy atom. The molecule has 3 unspecified atom stereocenters. The third-order valence-corrected chi connectivity index (χ3v) is 7.35. The summed E-state index contributed by atoms with van der Waals surface area (Å²) in [6.45, 7) is 2.58. The fraction of sp³-hybridized carbons (Fsp3) is 0.550. The topological polar surface area (TPSA) is 131 Å². The Hall–Kier alpha value is -1.69. The highest BCUT2D eigenvalue weighted by molar-refractivity contribution is 7.93. The number of aliphatic hydroxyl groups excluding tert-OH is 2. The molecule has 31 heavy (non-hydrogen) atoms. The molecule has 4 atom stereocenters. The second-order valence-corrected chi connectivity index (χ2v) is 9.69. The highest BCUT2D eigenvalue weighted by atomic mass is 35.5. The van der Waals surface area contributed by atoms with Crippen molar-refractivity contribution in [3.63, 3.8) is 0 Å². The summed E-state index contributed by atoms with van der Waals surface area (Å²) in [5.41, 5.74) is 0.728. The fourth-order valence-corrected chi connectivity index (χ4v) is 5.73. The number of aliphatic hydroxyl groups is 2. The van der Waals surface area contributed by atoms with Crippen LogP contribution in [0.5, 0.6) is 0 Å². The summed E-state index contributed by atoms with van der Waals surface area (Å²) in [7, 11) is -4.09. The van der Waals surface area contributed by atoms with Gasteiger partial charge < -0.3 is 24.4 Å². The number of halogens is 1. The van der Waals surface area contributed by atoms with Crippen molar-refractivity contribution in [3.8, 4) is 0 Å². The van der Waals surface area contributed by atoms with Crippen LogP contribution in [0.25, 0.3) is 0 Å². The molecule has 3 rings (SSSR count). The summed E-state index contributed by atoms with van der Waals surface area (Å²) < 4.78 is 45.6. The van der Waals surface area contributed by atoms with E-state index in [1.165, 1.54) is 6.08 Å². The largest absolute Gasteiger partial charge is 0.463 e. The average molecular weight is 476 g/mol. The van der Waals surface area contributed by atoms with Gasteiger partial charge in [-0.3, -0.25) is 4.72 Å². The van der Waals surface area contributed by atoms with Crippen LogP contribution in [0.2, 0.25) is 5.02 Å². The second kappa shape index (κ2) is 9.43. The molecule has 172 valence electrons. The normalized spacial score (nSPS) is 28.4. The molecule has 0 amide bonds. The zero-order chi connectivity index (χ0) is 22.8. The summed E-state index contributed by atoms with van der Waals surface area (Å²) in [6, 6.07) is 4.98. The molecule has 0 aromatic heterocycles. The minimum absolute atomic E-state index is 0.0141. The van der Waals surface area contributed by atoms with E-state index < -0.39 is 52.5 Å². The maximum Gasteiger partial charge on any atom is 0.335 e. The first-order valence-electron chi connectivity index (χ1n) is 9.90. The molecule has 1 heterocycles. The number of carbonyl (C=O) groups excluding carboxylic acids is 1. The van der Waals surface area contributed by atoms with E-state index in [1.54, 1.807) is 32.0 Å². The van der Waals surface area contributed by atoms with Gasteiger partial charge in [-0.15, -0.1) is 0 Å². The summed E-state index contributed by atoms with van der Waals surface area (Å²) in [4.78, 5) is 12.7. The molecule has 3 N–H and O–H groups in total. The summed E-state index contributed by atoms with van der Waals surface area (Å²) in [6.07, 6.45) is -0.241. The maximum atomic E-state index is 13.2. The molecule has 1 fully saturated rings. The van der Waals surface area contributed by atoms with Crippen LogP contribution in [0.3, 0.4) is 0 Å². The molecule has 1 aromatic carbocycles. The lowest BCUT2D eigenvalue weighted by molar-refractivity contribution is -0.154. The minimum atomic E-state index is -4.09. The van der Waals surface area contributed by atoms with Crippen molar-refractivity contribution in [2.24, 2.45) is 0 Å². The Bertz CT molecular complexity index is 932. The molecule has 1 aromatic rings. The molecule has 0 bridgehead atoms. The van der Waals surface area contributed by atoms with Crippen LogP contribution in [-0.2, 0) is 29.0 Å². The smallest absolute Gasteiger partial charge is 0.335 e. The van der Waals surface area contributed by atoms with Crippen molar-refractivity contribution in [3.05, 3.63) is 40.4 Å². The zero-order valence-electron chi connectivity index (χ0n) is 17.2. The average Bonchev–Trinajstić information content (AvgIpc) is 3.08. The second-order valence-electron chi connectivity index (χ2n) is 7.42. The molecular weight excluding hydrogens is 450 g/mol. The van der Waals surface area contributed by atoms with Crippen LogP contribution >= 0.6 is 11.6 Å². The van der Waals surface area contributed by atoms with Gasteiger partial charge in [0.25, 0.3) is 0 Å². The molecule has 9 nitrogen and oxygen atoms in total. The van der Waals surface area contributed by atoms with Crippen LogP contribution in [0.4, 0.5) is 5.69 Å². The molecule has 0 saturated carbocycles. The van der Waals surface area contributed by atoms with Gasteiger partial charge in [-0.25, -0.2) is 13.2 Å². The van der Waals surface area contributed by atoms with Gasteiger partial charge in [-0.2, -0.15) is 0 Å². The number of carbonyl (C=O) groups is 1. The van der Waals surface area contributed by atoms with Gasteiger partial charge in [0.05, 0.1) is 36.1 Å². The monoisotopic (exact) mass is 475 g/mol. The van der Waals surface area contributed by atoms with Gasteiger partial charge in [-0.05, 0) is 38.0 Å². The van der Waals surface area contributed by atoms with Crippen LogP contribution in [-0.4, -0.2) is 67.7 Å². The third kappa shape index (κ3) is 4.89. The molecule has 1 spiro atoms. The van der Waals surface area contributed by atoms with E-state index in [0.717, 1.165) is 0 Å². The molecule has 2 aliphatic rings. The number of ether oxygens (including phenoxy) is 3. The van der Waals surface area contributed by atoms with Crippen molar-refractivity contribution in [2.45, 2.75) is 49.9 Å². The standard InChI is InChI=1S/C20H26ClNO8S/c1-3-28-19(25)13-9-20(29-15(10-23)16(11-24)30-20)8-7-17(13)31(26,27)22-18-12(2)5-4-6-14(18)21/h4-6,9,15-17,22-24H,3,7-8,10-11H2,1-2H3/t15-,16?,17?,20?/m1/s1. The van der Waals surface area contributed by atoms with Crippen LogP contribution in [0, 0.1) is 6.92 Å². The van der Waals surface area contributed by atoms with Crippen LogP contribution < -0.4 is 4.72 Å². The van der Waals surface area contributed by atoms with E-state index in [9.17, 15) is 23.4 Å². The Kier molecular flexibility index (Phi) is 7.29. The molecule has 1 aliphatic carbocycles. The number of hydrogen-bond acceptors (Lipinski definition) is 8. The molecule has 11 heteroatoms. The highest BCUT2D eigenvalue weighted by Crippen LogP contribution is 2.41. The lowest BCUT2D eigenvalue weighted by Crippen LogP contribution is -2.43. The molecule has 1 saturated heterocycles. The Morgan fingerprint density at radius 3 is 2.48 bits per heavy atom. The van der Waals surface area contributed by atoms with Crippen molar-refractivity contribution in [1.29, 1.82) is 0 Å². The van der Waals surface area contributed by atoms with E-state index >= 15 is 0 Å². The number of rotatable bonds is 7. The number of aryl methyl sites for hydroxylation is 1. The first-order chi connectivity index (χ1) is 14.7. The van der Waals surface area contributed by atoms with Gasteiger partial charge in [0.15, 0.2) is 5.79 Å². The summed E-state index contributed by atoms with van der Waals surface area (Å²) >= 11 is 6.17. The Morgan fingerprint density at radius 2 is 1.94 bits per heavy atom. The zero-order valence-corrected chi connectivity index (χ0v) is 18.8. The Balaban J connectivity index is 1.97. The van der Waals surface area contributed by atoms with E-state index in [0.29, 0.717) is 5.56 Å². The van der Waals surface area contributed by atoms with Gasteiger partial charge in [-0.1, -0.05) is 23.7 Å². The first kappa shape index (κ1) is 24.0. The molecule has 1 aliphatic heterocycles. The lowest BCUT2D eigenvalue weighted by atomic mass is 9.94. The third-order valence-electron chi connectivity index (χ3n) is 5.31. The van der Waals surface area contributed by atoms with Crippen molar-refractivity contribution in [1.82, 2.24) is 0 Å². The number of para-hydroxylation sites is 1. The number of sulfonamides is 1. The molecular formula is C20H26ClNO8S. The fourth-order valence-electron chi connectivity index (χ4n) is 3.78. The van der Waals surface area contributed by atoms with E-state index in [-0.39, 0.29) is 35.7 Å². The lowest BCUT2D eigenvalue weighted by Gasteiger charge is -2.33. The van der Waals surface area contributed by atoms with Crippen LogP contribution in [0.15, 0.2) is 29.8 Å². The number of hydrogen-bond donors (Lipinski definition) is 3. The predicted molar refractivity (Wildman–Crippen MR) is 113 cm³/mol. The van der Waals surface area contributed by atoms with Gasteiger partial charge in [0.1, 0.15) is 17.5 Å². The van der Waals surface area contributed by atoms with Crippen molar-refractivity contribution < 1.29 is 37.6 Å². The quantitative estimate of drug-likeness (QED) is 0.506. The van der Waals surface area contributed by atoms with Crippen LogP contribution in [0.1, 0.15) is 25.3 Å². The summed E-state index contributed by atoms with van der Waals surface area (Å²) in [5.74, 6) is -2.25. The van der Waals surface area contributed by atoms with Gasteiger partial charge in [0.2, 0.25) is 10.0 Å². The Labute approximate surface area is 186 Å². The van der Waals surface area contributed by atoms with Gasteiger partial charge >= 0.3 is 5.97 Å². The van der Waals surface area contributed by atoms with E-state index in [2.05, 4.69) is 4.72 Å². The number of esters is 1. The minimum Gasteiger partial charge on any atom is -0.463 e. The van der Waals surface area contributed by atoms with E-state index in [4.69, 9.17) is 25.8 Å². The predicted octanol–water partition coefficient (Wildman–Crippen LogP) is 1.51. The highest BCUT2D eigenvalue weighted by Gasteiger charge is 2.51. The summed E-state index contributed by atoms with van der Waals surface area (Å²) in [5, 5.41) is 18.0. The number of anilines is 1. The van der Waals surface area contributed by atoms with Gasteiger partial charge in [0, 0.05) is 6.42 Å². The van der Waals surface area contributed by atoms with Crippen molar-refractivity contribution in [2.75, 3.05) is 24.5 Å². The number of nitrogens with one attached hydrogen (secondary N) is 1. The van der Waals surface area contributed by atoms with E-state index in [1.807, 2.05) is 0 Å².